The highest BCUT2D eigenvalue weighted by Crippen LogP contribution is 2.19. The van der Waals surface area contributed by atoms with Gasteiger partial charge in [0.1, 0.15) is 0 Å². The molecule has 4 heteroatoms. The van der Waals surface area contributed by atoms with Crippen molar-refractivity contribution in [3.63, 3.8) is 0 Å². The van der Waals surface area contributed by atoms with E-state index in [2.05, 4.69) is 5.32 Å². The minimum absolute atomic E-state index is 0.00103. The third-order valence-corrected chi connectivity index (χ3v) is 4.49. The average Bonchev–Trinajstić information content (AvgIpc) is 2.55. The zero-order valence-corrected chi connectivity index (χ0v) is 14.5. The lowest BCUT2D eigenvalue weighted by Gasteiger charge is -2.07. The molecule has 1 amide bonds. The number of ketones is 1. The molecule has 0 saturated carbocycles. The van der Waals surface area contributed by atoms with Gasteiger partial charge in [0.25, 0.3) is 0 Å². The first-order chi connectivity index (χ1) is 11.0. The van der Waals surface area contributed by atoms with Gasteiger partial charge in [0.2, 0.25) is 5.91 Å². The fourth-order valence-corrected chi connectivity index (χ4v) is 2.67. The summed E-state index contributed by atoms with van der Waals surface area (Å²) in [4.78, 5) is 25.3. The molecule has 0 unspecified atom stereocenters. The van der Waals surface area contributed by atoms with Crippen LogP contribution in [0.5, 0.6) is 0 Å². The normalized spacial score (nSPS) is 10.4. The Balaban J connectivity index is 1.90. The summed E-state index contributed by atoms with van der Waals surface area (Å²) in [5, 5.41) is 2.84. The van der Waals surface area contributed by atoms with Crippen molar-refractivity contribution in [2.45, 2.75) is 31.6 Å². The molecular weight excluding hydrogens is 306 g/mol. The molecule has 23 heavy (non-hydrogen) atoms. The van der Waals surface area contributed by atoms with Gasteiger partial charge in [-0.05, 0) is 55.5 Å². The van der Waals surface area contributed by atoms with Crippen LogP contribution in [-0.4, -0.2) is 17.9 Å². The second-order valence-electron chi connectivity index (χ2n) is 5.50. The molecule has 0 saturated heterocycles. The van der Waals surface area contributed by atoms with Crippen LogP contribution in [0.15, 0.2) is 47.4 Å². The van der Waals surface area contributed by atoms with Gasteiger partial charge >= 0.3 is 0 Å². The van der Waals surface area contributed by atoms with Crippen LogP contribution in [0.2, 0.25) is 0 Å². The molecular formula is C19H21NO2S. The van der Waals surface area contributed by atoms with Gasteiger partial charge in [-0.1, -0.05) is 18.2 Å². The Hall–Kier alpha value is -2.07. The van der Waals surface area contributed by atoms with Gasteiger partial charge in [-0.3, -0.25) is 9.59 Å². The molecule has 2 aromatic carbocycles. The van der Waals surface area contributed by atoms with Gasteiger partial charge in [-0.25, -0.2) is 0 Å². The van der Waals surface area contributed by atoms with Crippen LogP contribution in [0.4, 0.5) is 5.69 Å². The van der Waals surface area contributed by atoms with Crippen LogP contribution in [0, 0.1) is 13.8 Å². The van der Waals surface area contributed by atoms with E-state index in [1.165, 1.54) is 0 Å². The summed E-state index contributed by atoms with van der Waals surface area (Å²) in [7, 11) is 0. The molecule has 0 aliphatic rings. The summed E-state index contributed by atoms with van der Waals surface area (Å²) in [6.45, 7) is 4.00. The summed E-state index contributed by atoms with van der Waals surface area (Å²) >= 11 is 1.62. The molecule has 2 aromatic rings. The van der Waals surface area contributed by atoms with Crippen molar-refractivity contribution < 1.29 is 9.59 Å². The number of hydrogen-bond donors (Lipinski definition) is 1. The van der Waals surface area contributed by atoms with E-state index in [-0.39, 0.29) is 24.5 Å². The number of anilines is 1. The van der Waals surface area contributed by atoms with Crippen LogP contribution in [0.1, 0.15) is 34.3 Å². The molecule has 0 atom stereocenters. The number of nitrogens with one attached hydrogen (secondary N) is 1. The van der Waals surface area contributed by atoms with E-state index in [4.69, 9.17) is 0 Å². The highest BCUT2D eigenvalue weighted by atomic mass is 32.2. The number of rotatable bonds is 6. The maximum absolute atomic E-state index is 12.2. The van der Waals surface area contributed by atoms with E-state index in [0.29, 0.717) is 5.56 Å². The first-order valence-electron chi connectivity index (χ1n) is 7.54. The van der Waals surface area contributed by atoms with Crippen LogP contribution in [0.25, 0.3) is 0 Å². The molecule has 1 N–H and O–H groups in total. The van der Waals surface area contributed by atoms with Crippen molar-refractivity contribution >= 4 is 29.1 Å². The van der Waals surface area contributed by atoms with E-state index in [1.807, 2.05) is 62.6 Å². The molecule has 0 spiro atoms. The number of Topliss-reactive ketones (excluding diaryl/α,β-unsaturated/α-hetero) is 1. The Bertz CT molecular complexity index is 725. The Morgan fingerprint density at radius 2 is 1.78 bits per heavy atom. The lowest BCUT2D eigenvalue weighted by atomic mass is 10.0. The van der Waals surface area contributed by atoms with Gasteiger partial charge in [0.15, 0.2) is 5.78 Å². The molecule has 3 nitrogen and oxygen atoms in total. The molecule has 0 aromatic heterocycles. The van der Waals surface area contributed by atoms with Crippen LogP contribution in [0.3, 0.4) is 0 Å². The van der Waals surface area contributed by atoms with Crippen molar-refractivity contribution in [1.29, 1.82) is 0 Å². The lowest BCUT2D eigenvalue weighted by Crippen LogP contribution is -2.13. The van der Waals surface area contributed by atoms with Crippen molar-refractivity contribution in [3.05, 3.63) is 59.2 Å². The maximum Gasteiger partial charge on any atom is 0.224 e. The minimum Gasteiger partial charge on any atom is -0.326 e. The Labute approximate surface area is 141 Å². The largest absolute Gasteiger partial charge is 0.326 e. The second-order valence-corrected chi connectivity index (χ2v) is 6.38. The molecule has 0 heterocycles. The second kappa shape index (κ2) is 7.97. The maximum atomic E-state index is 12.2. The van der Waals surface area contributed by atoms with E-state index in [9.17, 15) is 9.59 Å². The Morgan fingerprint density at radius 1 is 1.00 bits per heavy atom. The Kier molecular flexibility index (Phi) is 5.99. The van der Waals surface area contributed by atoms with Crippen molar-refractivity contribution in [2.24, 2.45) is 0 Å². The van der Waals surface area contributed by atoms with Crippen LogP contribution < -0.4 is 5.32 Å². The van der Waals surface area contributed by atoms with E-state index >= 15 is 0 Å². The number of carbonyl (C=O) groups excluding carboxylic acids is 2. The summed E-state index contributed by atoms with van der Waals surface area (Å²) in [6.07, 6.45) is 2.40. The highest BCUT2D eigenvalue weighted by molar-refractivity contribution is 7.98. The minimum atomic E-state index is -0.138. The predicted octanol–water partition coefficient (Wildman–Crippen LogP) is 4.63. The SMILES string of the molecule is CSc1cccc(NC(=O)CCC(=O)c2ccc(C)c(C)c2)c1. The summed E-state index contributed by atoms with van der Waals surface area (Å²) in [5.41, 5.74) is 3.69. The van der Waals surface area contributed by atoms with Crippen LogP contribution >= 0.6 is 11.8 Å². The number of carbonyl (C=O) groups is 2. The van der Waals surface area contributed by atoms with Gasteiger partial charge in [-0.2, -0.15) is 0 Å². The van der Waals surface area contributed by atoms with Gasteiger partial charge < -0.3 is 5.32 Å². The third kappa shape index (κ3) is 4.96. The van der Waals surface area contributed by atoms with Gasteiger partial charge in [0.05, 0.1) is 0 Å². The highest BCUT2D eigenvalue weighted by Gasteiger charge is 2.10. The summed E-state index contributed by atoms with van der Waals surface area (Å²) in [5.74, 6) is -0.137. The zero-order valence-electron chi connectivity index (χ0n) is 13.7. The fourth-order valence-electron chi connectivity index (χ4n) is 2.21. The zero-order chi connectivity index (χ0) is 16.8. The fraction of sp³-hybridized carbons (Fsp3) is 0.263. The molecule has 0 aliphatic carbocycles. The lowest BCUT2D eigenvalue weighted by molar-refractivity contribution is -0.116. The van der Waals surface area contributed by atoms with E-state index < -0.39 is 0 Å². The van der Waals surface area contributed by atoms with Crippen molar-refractivity contribution in [2.75, 3.05) is 11.6 Å². The Morgan fingerprint density at radius 3 is 2.48 bits per heavy atom. The molecule has 0 bridgehead atoms. The monoisotopic (exact) mass is 327 g/mol. The van der Waals surface area contributed by atoms with Crippen molar-refractivity contribution in [3.8, 4) is 0 Å². The topological polar surface area (TPSA) is 46.2 Å². The number of amides is 1. The first-order valence-corrected chi connectivity index (χ1v) is 8.76. The molecule has 0 radical (unpaired) electrons. The molecule has 2 rings (SSSR count). The quantitative estimate of drug-likeness (QED) is 0.621. The number of aryl methyl sites for hydroxylation is 2. The first kappa shape index (κ1) is 17.3. The smallest absolute Gasteiger partial charge is 0.224 e. The number of thioether (sulfide) groups is 1. The van der Waals surface area contributed by atoms with Gasteiger partial charge in [0, 0.05) is 29.0 Å². The third-order valence-electron chi connectivity index (χ3n) is 3.76. The van der Waals surface area contributed by atoms with E-state index in [0.717, 1.165) is 21.7 Å². The number of benzene rings is 2. The van der Waals surface area contributed by atoms with Crippen LogP contribution in [-0.2, 0) is 4.79 Å². The summed E-state index contributed by atoms with van der Waals surface area (Å²) < 4.78 is 0. The summed E-state index contributed by atoms with van der Waals surface area (Å²) in [6, 6.07) is 13.3. The molecule has 0 aliphatic heterocycles. The van der Waals surface area contributed by atoms with E-state index in [1.54, 1.807) is 11.8 Å². The van der Waals surface area contributed by atoms with Crippen molar-refractivity contribution in [1.82, 2.24) is 0 Å². The average molecular weight is 327 g/mol. The predicted molar refractivity (Wildman–Crippen MR) is 96.3 cm³/mol. The van der Waals surface area contributed by atoms with Gasteiger partial charge in [-0.15, -0.1) is 11.8 Å². The number of hydrogen-bond acceptors (Lipinski definition) is 3. The molecule has 0 fully saturated rings. The molecule has 120 valence electrons. The standard InChI is InChI=1S/C19H21NO2S/c1-13-7-8-15(11-14(13)2)18(21)9-10-19(22)20-16-5-4-6-17(12-16)23-3/h4-8,11-12H,9-10H2,1-3H3,(H,20,22).